The molecule has 3 heteroatoms. The van der Waals surface area contributed by atoms with Crippen LogP contribution in [0, 0.1) is 0 Å². The molecule has 0 N–H and O–H groups in total. The molecule has 0 heterocycles. The maximum atomic E-state index is 2.23. The third kappa shape index (κ3) is 6.01. The summed E-state index contributed by atoms with van der Waals surface area (Å²) in [6.45, 7) is 8.90. The van der Waals surface area contributed by atoms with E-state index in [9.17, 15) is 0 Å². The zero-order chi connectivity index (χ0) is 15.2. The van der Waals surface area contributed by atoms with Gasteiger partial charge in [-0.05, 0) is 48.5 Å². The molecule has 112 valence electrons. The van der Waals surface area contributed by atoms with Crippen molar-refractivity contribution >= 4 is 35.3 Å². The summed E-state index contributed by atoms with van der Waals surface area (Å²) in [4.78, 5) is 5.29. The van der Waals surface area contributed by atoms with E-state index in [0.717, 1.165) is 0 Å². The van der Waals surface area contributed by atoms with Crippen molar-refractivity contribution in [3.8, 4) is 0 Å². The average Bonchev–Trinajstić information content (AvgIpc) is 2.42. The van der Waals surface area contributed by atoms with Crippen LogP contribution in [-0.2, 0) is 0 Å². The maximum absolute atomic E-state index is 2.23. The molecule has 0 bridgehead atoms. The Balaban J connectivity index is 1.97. The van der Waals surface area contributed by atoms with Gasteiger partial charge in [-0.3, -0.25) is 0 Å². The smallest absolute Gasteiger partial charge is 0.0123 e. The molecule has 0 radical (unpaired) electrons. The van der Waals surface area contributed by atoms with Gasteiger partial charge in [0.15, 0.2) is 0 Å². The largest absolute Gasteiger partial charge is 0.123 e. The molecule has 0 aromatic heterocycles. The highest BCUT2D eigenvalue weighted by Gasteiger charge is 2.02. The summed E-state index contributed by atoms with van der Waals surface area (Å²) < 4.78 is 0. The lowest BCUT2D eigenvalue weighted by atomic mass is 10.4. The second-order valence-electron chi connectivity index (χ2n) is 5.38. The van der Waals surface area contributed by atoms with Crippen molar-refractivity contribution in [2.24, 2.45) is 0 Å². The zero-order valence-electron chi connectivity index (χ0n) is 13.0. The molecule has 0 aliphatic heterocycles. The van der Waals surface area contributed by atoms with Crippen molar-refractivity contribution in [3.63, 3.8) is 0 Å². The summed E-state index contributed by atoms with van der Waals surface area (Å²) in [7, 11) is 0. The minimum absolute atomic E-state index is 0.634. The number of thioether (sulfide) groups is 2. The summed E-state index contributed by atoms with van der Waals surface area (Å²) in [6.07, 6.45) is 0. The number of hydrogen-bond acceptors (Lipinski definition) is 3. The van der Waals surface area contributed by atoms with E-state index in [1.54, 1.807) is 0 Å². The average molecular weight is 335 g/mol. The van der Waals surface area contributed by atoms with E-state index in [4.69, 9.17) is 0 Å². The van der Waals surface area contributed by atoms with E-state index in [1.165, 1.54) is 19.6 Å². The first-order chi connectivity index (χ1) is 10.0. The summed E-state index contributed by atoms with van der Waals surface area (Å²) in [5.74, 6) is 0. The molecule has 0 fully saturated rings. The van der Waals surface area contributed by atoms with Crippen molar-refractivity contribution in [3.05, 3.63) is 48.5 Å². The number of rotatable bonds is 6. The molecule has 0 spiro atoms. The van der Waals surface area contributed by atoms with Gasteiger partial charge in [0.2, 0.25) is 0 Å². The van der Waals surface area contributed by atoms with Crippen molar-refractivity contribution < 1.29 is 0 Å². The molecule has 2 rings (SSSR count). The Bertz CT molecular complexity index is 490. The summed E-state index contributed by atoms with van der Waals surface area (Å²) in [5.41, 5.74) is 0. The molecule has 21 heavy (non-hydrogen) atoms. The highest BCUT2D eigenvalue weighted by molar-refractivity contribution is 8.00. The third-order valence-electron chi connectivity index (χ3n) is 2.63. The fourth-order valence-electron chi connectivity index (χ4n) is 1.85. The van der Waals surface area contributed by atoms with Crippen LogP contribution in [-0.4, -0.2) is 10.5 Å². The maximum Gasteiger partial charge on any atom is 0.0123 e. The highest BCUT2D eigenvalue weighted by atomic mass is 32.2. The standard InChI is InChI=1S/C18H22S3/c1-13(2)19-15-5-9-17(10-6-15)21-18-11-7-16(8-12-18)20-14(3)4/h5-14H,1-4H3. The van der Waals surface area contributed by atoms with Gasteiger partial charge in [-0.25, -0.2) is 0 Å². The lowest BCUT2D eigenvalue weighted by Gasteiger charge is -2.07. The Morgan fingerprint density at radius 2 is 0.810 bits per heavy atom. The minimum atomic E-state index is 0.634. The molecule has 0 aliphatic rings. The molecule has 2 aromatic rings. The van der Waals surface area contributed by atoms with Gasteiger partial charge in [-0.1, -0.05) is 39.5 Å². The minimum Gasteiger partial charge on any atom is -0.123 e. The molecule has 0 saturated heterocycles. The Kier molecular flexibility index (Phi) is 6.59. The van der Waals surface area contributed by atoms with Crippen molar-refractivity contribution in [1.29, 1.82) is 0 Å². The summed E-state index contributed by atoms with van der Waals surface area (Å²) in [5, 5.41) is 1.27. The van der Waals surface area contributed by atoms with Crippen LogP contribution in [0.3, 0.4) is 0 Å². The third-order valence-corrected chi connectivity index (χ3v) is 5.67. The summed E-state index contributed by atoms with van der Waals surface area (Å²) >= 11 is 5.64. The Morgan fingerprint density at radius 3 is 1.10 bits per heavy atom. The van der Waals surface area contributed by atoms with E-state index >= 15 is 0 Å². The van der Waals surface area contributed by atoms with E-state index in [0.29, 0.717) is 10.5 Å². The second-order valence-corrected chi connectivity index (χ2v) is 9.82. The van der Waals surface area contributed by atoms with Crippen LogP contribution >= 0.6 is 35.3 Å². The molecule has 0 amide bonds. The van der Waals surface area contributed by atoms with Gasteiger partial charge in [-0.15, -0.1) is 23.5 Å². The highest BCUT2D eigenvalue weighted by Crippen LogP contribution is 2.32. The molecular formula is C18H22S3. The van der Waals surface area contributed by atoms with E-state index < -0.39 is 0 Å². The summed E-state index contributed by atoms with van der Waals surface area (Å²) in [6, 6.07) is 17.7. The molecular weight excluding hydrogens is 312 g/mol. The van der Waals surface area contributed by atoms with Gasteiger partial charge in [0.05, 0.1) is 0 Å². The molecule has 0 atom stereocenters. The predicted molar refractivity (Wildman–Crippen MR) is 99.0 cm³/mol. The van der Waals surface area contributed by atoms with Crippen LogP contribution < -0.4 is 0 Å². The number of hydrogen-bond donors (Lipinski definition) is 0. The van der Waals surface area contributed by atoms with Crippen molar-refractivity contribution in [2.45, 2.75) is 57.8 Å². The Hall–Kier alpha value is -0.510. The van der Waals surface area contributed by atoms with Gasteiger partial charge < -0.3 is 0 Å². The van der Waals surface area contributed by atoms with Gasteiger partial charge in [0, 0.05) is 30.1 Å². The second kappa shape index (κ2) is 8.21. The monoisotopic (exact) mass is 334 g/mol. The molecule has 0 unspecified atom stereocenters. The van der Waals surface area contributed by atoms with Gasteiger partial charge in [-0.2, -0.15) is 0 Å². The van der Waals surface area contributed by atoms with Crippen LogP contribution in [0.5, 0.6) is 0 Å². The molecule has 0 aliphatic carbocycles. The SMILES string of the molecule is CC(C)Sc1ccc(Sc2ccc(SC(C)C)cc2)cc1. The number of benzene rings is 2. The normalized spacial score (nSPS) is 11.3. The Labute approximate surface area is 141 Å². The van der Waals surface area contributed by atoms with Gasteiger partial charge in [0.25, 0.3) is 0 Å². The topological polar surface area (TPSA) is 0 Å². The van der Waals surface area contributed by atoms with Crippen molar-refractivity contribution in [2.75, 3.05) is 0 Å². The van der Waals surface area contributed by atoms with Crippen LogP contribution in [0.4, 0.5) is 0 Å². The fraction of sp³-hybridized carbons (Fsp3) is 0.333. The van der Waals surface area contributed by atoms with Crippen molar-refractivity contribution in [1.82, 2.24) is 0 Å². The van der Waals surface area contributed by atoms with Crippen LogP contribution in [0.1, 0.15) is 27.7 Å². The quantitative estimate of drug-likeness (QED) is 0.531. The van der Waals surface area contributed by atoms with Crippen LogP contribution in [0.2, 0.25) is 0 Å². The van der Waals surface area contributed by atoms with Crippen LogP contribution in [0.25, 0.3) is 0 Å². The van der Waals surface area contributed by atoms with E-state index in [1.807, 2.05) is 35.3 Å². The zero-order valence-corrected chi connectivity index (χ0v) is 15.4. The molecule has 0 saturated carbocycles. The molecule has 2 aromatic carbocycles. The predicted octanol–water partition coefficient (Wildman–Crippen LogP) is 6.84. The van der Waals surface area contributed by atoms with E-state index in [-0.39, 0.29) is 0 Å². The fourth-order valence-corrected chi connectivity index (χ4v) is 4.34. The lowest BCUT2D eigenvalue weighted by molar-refractivity contribution is 1.11. The first-order valence-corrected chi connectivity index (χ1v) is 9.82. The first-order valence-electron chi connectivity index (χ1n) is 7.24. The lowest BCUT2D eigenvalue weighted by Crippen LogP contribution is -1.86. The first kappa shape index (κ1) is 16.9. The van der Waals surface area contributed by atoms with Crippen LogP contribution in [0.15, 0.2) is 68.1 Å². The van der Waals surface area contributed by atoms with Gasteiger partial charge >= 0.3 is 0 Å². The van der Waals surface area contributed by atoms with Gasteiger partial charge in [0.1, 0.15) is 0 Å². The molecule has 0 nitrogen and oxygen atoms in total. The Morgan fingerprint density at radius 1 is 0.524 bits per heavy atom. The van der Waals surface area contributed by atoms with E-state index in [2.05, 4.69) is 76.2 Å².